The topological polar surface area (TPSA) is 30.7 Å². The Hall–Kier alpha value is -7.36. The molecule has 0 aliphatic heterocycles. The lowest BCUT2D eigenvalue weighted by Gasteiger charge is -2.12. The van der Waals surface area contributed by atoms with E-state index < -0.39 is 0 Å². The highest BCUT2D eigenvalue weighted by atomic mass is 15.2. The van der Waals surface area contributed by atoms with E-state index in [1.807, 2.05) is 12.1 Å². The SMILES string of the molecule is c1ccc(-c2cc(-c3ccccc3)nc(-n3c4ccccc4c4c5ccc(-c6ccc7ccc(-c8cccc9ccccc89)cc7c6)cc5ccc43)n2)cc1. The van der Waals surface area contributed by atoms with Crippen molar-refractivity contribution < 1.29 is 0 Å². The third kappa shape index (κ3) is 5.28. The van der Waals surface area contributed by atoms with Gasteiger partial charge in [0.25, 0.3) is 0 Å². The van der Waals surface area contributed by atoms with Crippen LogP contribution in [0.3, 0.4) is 0 Å². The van der Waals surface area contributed by atoms with Crippen molar-refractivity contribution in [2.45, 2.75) is 0 Å². The van der Waals surface area contributed by atoms with Gasteiger partial charge < -0.3 is 0 Å². The van der Waals surface area contributed by atoms with Crippen LogP contribution in [0, 0.1) is 0 Å². The van der Waals surface area contributed by atoms with Crippen LogP contribution < -0.4 is 0 Å². The van der Waals surface area contributed by atoms with Crippen LogP contribution in [-0.4, -0.2) is 14.5 Å². The van der Waals surface area contributed by atoms with E-state index in [4.69, 9.17) is 9.97 Å². The van der Waals surface area contributed by atoms with Crippen molar-refractivity contribution in [3.05, 3.63) is 200 Å². The highest BCUT2D eigenvalue weighted by Gasteiger charge is 2.19. The molecule has 0 atom stereocenters. The molecular weight excluding hydrogens is 667 g/mol. The van der Waals surface area contributed by atoms with Gasteiger partial charge in [-0.25, -0.2) is 9.97 Å². The first-order valence-corrected chi connectivity index (χ1v) is 18.7. The molecule has 11 rings (SSSR count). The van der Waals surface area contributed by atoms with Crippen molar-refractivity contribution in [1.82, 2.24) is 14.5 Å². The van der Waals surface area contributed by atoms with E-state index in [2.05, 4.69) is 193 Å². The zero-order valence-electron chi connectivity index (χ0n) is 29.9. The van der Waals surface area contributed by atoms with E-state index in [0.29, 0.717) is 5.95 Å². The monoisotopic (exact) mass is 699 g/mol. The summed E-state index contributed by atoms with van der Waals surface area (Å²) in [6, 6.07) is 71.6. The number of aromatic nitrogens is 3. The minimum Gasteiger partial charge on any atom is -0.278 e. The third-order valence-electron chi connectivity index (χ3n) is 11.0. The van der Waals surface area contributed by atoms with Crippen molar-refractivity contribution in [2.24, 2.45) is 0 Å². The van der Waals surface area contributed by atoms with Crippen LogP contribution in [0.2, 0.25) is 0 Å². The van der Waals surface area contributed by atoms with Gasteiger partial charge in [-0.3, -0.25) is 4.57 Å². The predicted octanol–water partition coefficient (Wildman–Crippen LogP) is 13.7. The molecule has 0 bridgehead atoms. The Kier molecular flexibility index (Phi) is 7.17. The number of hydrogen-bond donors (Lipinski definition) is 0. The van der Waals surface area contributed by atoms with Crippen LogP contribution in [-0.2, 0) is 0 Å². The van der Waals surface area contributed by atoms with Crippen molar-refractivity contribution in [3.8, 4) is 50.7 Å². The fourth-order valence-corrected chi connectivity index (χ4v) is 8.31. The Morgan fingerprint density at radius 2 is 0.891 bits per heavy atom. The molecule has 11 aromatic rings. The molecule has 2 heterocycles. The quantitative estimate of drug-likeness (QED) is 0.179. The normalized spacial score (nSPS) is 11.6. The third-order valence-corrected chi connectivity index (χ3v) is 11.0. The van der Waals surface area contributed by atoms with Crippen LogP contribution in [0.25, 0.3) is 105 Å². The number of para-hydroxylation sites is 1. The molecule has 0 radical (unpaired) electrons. The van der Waals surface area contributed by atoms with E-state index in [0.717, 1.165) is 33.5 Å². The molecule has 3 nitrogen and oxygen atoms in total. The fourth-order valence-electron chi connectivity index (χ4n) is 8.31. The maximum absolute atomic E-state index is 5.22. The standard InChI is InChI=1S/C52H33N3/c1-3-13-36(14-4-1)47-33-48(37-15-5-2-6-16-37)54-52(53-47)55-49-21-10-9-19-46(49)51-45-28-26-39(30-41(45)27-29-50(51)55)38-24-22-34-23-25-40(32-42(34)31-38)44-20-11-17-35-12-7-8-18-43(35)44/h1-33H. The molecule has 0 aliphatic rings. The van der Waals surface area contributed by atoms with Crippen molar-refractivity contribution in [3.63, 3.8) is 0 Å². The molecule has 0 spiro atoms. The molecule has 3 heteroatoms. The number of benzene rings is 9. The molecule has 0 N–H and O–H groups in total. The molecular formula is C52H33N3. The lowest BCUT2D eigenvalue weighted by molar-refractivity contribution is 0.996. The second-order valence-corrected chi connectivity index (χ2v) is 14.2. The number of nitrogens with zero attached hydrogens (tertiary/aromatic N) is 3. The maximum atomic E-state index is 5.22. The minimum absolute atomic E-state index is 0.654. The Balaban J connectivity index is 1.06. The molecule has 9 aromatic carbocycles. The summed E-state index contributed by atoms with van der Waals surface area (Å²) < 4.78 is 2.23. The van der Waals surface area contributed by atoms with Gasteiger partial charge in [-0.1, -0.05) is 164 Å². The molecule has 0 fully saturated rings. The zero-order valence-corrected chi connectivity index (χ0v) is 29.9. The molecule has 256 valence electrons. The maximum Gasteiger partial charge on any atom is 0.235 e. The van der Waals surface area contributed by atoms with Crippen molar-refractivity contribution >= 4 is 54.1 Å². The zero-order chi connectivity index (χ0) is 36.3. The van der Waals surface area contributed by atoms with Crippen LogP contribution in [0.15, 0.2) is 200 Å². The summed E-state index contributed by atoms with van der Waals surface area (Å²) in [5.74, 6) is 0.654. The van der Waals surface area contributed by atoms with E-state index in [-0.39, 0.29) is 0 Å². The Morgan fingerprint density at radius 1 is 0.309 bits per heavy atom. The number of hydrogen-bond acceptors (Lipinski definition) is 2. The van der Waals surface area contributed by atoms with Gasteiger partial charge >= 0.3 is 0 Å². The van der Waals surface area contributed by atoms with Gasteiger partial charge in [0.15, 0.2) is 0 Å². The summed E-state index contributed by atoms with van der Waals surface area (Å²) in [4.78, 5) is 10.4. The van der Waals surface area contributed by atoms with Gasteiger partial charge in [0.1, 0.15) is 0 Å². The largest absolute Gasteiger partial charge is 0.278 e. The van der Waals surface area contributed by atoms with Gasteiger partial charge in [0, 0.05) is 21.9 Å². The van der Waals surface area contributed by atoms with E-state index in [1.165, 1.54) is 65.3 Å². The van der Waals surface area contributed by atoms with Crippen LogP contribution >= 0.6 is 0 Å². The van der Waals surface area contributed by atoms with E-state index in [1.54, 1.807) is 0 Å². The highest BCUT2D eigenvalue weighted by molar-refractivity contribution is 6.21. The van der Waals surface area contributed by atoms with Gasteiger partial charge in [-0.15, -0.1) is 0 Å². The predicted molar refractivity (Wildman–Crippen MR) is 231 cm³/mol. The van der Waals surface area contributed by atoms with Gasteiger partial charge in [-0.2, -0.15) is 0 Å². The summed E-state index contributed by atoms with van der Waals surface area (Å²) in [6.07, 6.45) is 0. The summed E-state index contributed by atoms with van der Waals surface area (Å²) in [5, 5.41) is 9.78. The van der Waals surface area contributed by atoms with Gasteiger partial charge in [0.2, 0.25) is 5.95 Å². The smallest absolute Gasteiger partial charge is 0.235 e. The molecule has 2 aromatic heterocycles. The fraction of sp³-hybridized carbons (Fsp3) is 0. The molecule has 0 amide bonds. The minimum atomic E-state index is 0.654. The Labute approximate surface area is 318 Å². The second-order valence-electron chi connectivity index (χ2n) is 14.2. The lowest BCUT2D eigenvalue weighted by Crippen LogP contribution is -2.03. The second kappa shape index (κ2) is 12.6. The Bertz CT molecular complexity index is 3190. The first-order valence-electron chi connectivity index (χ1n) is 18.7. The van der Waals surface area contributed by atoms with E-state index >= 15 is 0 Å². The molecule has 0 saturated heterocycles. The molecule has 0 aliphatic carbocycles. The van der Waals surface area contributed by atoms with E-state index in [9.17, 15) is 0 Å². The van der Waals surface area contributed by atoms with Gasteiger partial charge in [0.05, 0.1) is 22.4 Å². The molecule has 55 heavy (non-hydrogen) atoms. The molecule has 0 saturated carbocycles. The average molecular weight is 700 g/mol. The molecule has 0 unspecified atom stereocenters. The lowest BCUT2D eigenvalue weighted by atomic mass is 9.94. The highest BCUT2D eigenvalue weighted by Crippen LogP contribution is 2.39. The average Bonchev–Trinajstić information content (AvgIpc) is 3.61. The van der Waals surface area contributed by atoms with Crippen LogP contribution in [0.5, 0.6) is 0 Å². The van der Waals surface area contributed by atoms with Crippen molar-refractivity contribution in [2.75, 3.05) is 0 Å². The Morgan fingerprint density at radius 3 is 1.65 bits per heavy atom. The van der Waals surface area contributed by atoms with Crippen LogP contribution in [0.4, 0.5) is 0 Å². The first-order chi connectivity index (χ1) is 27.2. The number of rotatable bonds is 5. The van der Waals surface area contributed by atoms with Crippen LogP contribution in [0.1, 0.15) is 0 Å². The number of fused-ring (bicyclic) bond motifs is 7. The van der Waals surface area contributed by atoms with Crippen molar-refractivity contribution in [1.29, 1.82) is 0 Å². The summed E-state index contributed by atoms with van der Waals surface area (Å²) in [6.45, 7) is 0. The first kappa shape index (κ1) is 31.2. The summed E-state index contributed by atoms with van der Waals surface area (Å²) in [5.41, 5.74) is 10.9. The summed E-state index contributed by atoms with van der Waals surface area (Å²) >= 11 is 0. The van der Waals surface area contributed by atoms with Gasteiger partial charge in [-0.05, 0) is 91.0 Å². The summed E-state index contributed by atoms with van der Waals surface area (Å²) in [7, 11) is 0.